The van der Waals surface area contributed by atoms with Crippen molar-refractivity contribution in [1.29, 1.82) is 0 Å². The maximum absolute atomic E-state index is 12.5. The zero-order valence-electron chi connectivity index (χ0n) is 16.8. The quantitative estimate of drug-likeness (QED) is 0.469. The summed E-state index contributed by atoms with van der Waals surface area (Å²) in [5.41, 5.74) is -0.209. The van der Waals surface area contributed by atoms with Crippen LogP contribution in [0.2, 0.25) is 5.02 Å². The number of nitrogens with one attached hydrogen (secondary N) is 2. The molecule has 0 aromatic heterocycles. The van der Waals surface area contributed by atoms with E-state index in [1.165, 1.54) is 0 Å². The largest absolute Gasteiger partial charge is 0.454 e. The first-order chi connectivity index (χ1) is 13.7. The molecule has 4 amide bonds. The van der Waals surface area contributed by atoms with Gasteiger partial charge >= 0.3 is 12.0 Å². The zero-order valence-corrected chi connectivity index (χ0v) is 17.5. The van der Waals surface area contributed by atoms with Crippen molar-refractivity contribution in [2.45, 2.75) is 51.6 Å². The van der Waals surface area contributed by atoms with Crippen LogP contribution in [0.15, 0.2) is 24.3 Å². The van der Waals surface area contributed by atoms with E-state index in [0.29, 0.717) is 11.4 Å². The van der Waals surface area contributed by atoms with E-state index >= 15 is 0 Å². The topological polar surface area (TPSA) is 105 Å². The fraction of sp³-hybridized carbons (Fsp3) is 0.500. The number of amides is 4. The van der Waals surface area contributed by atoms with Gasteiger partial charge in [-0.15, -0.1) is 0 Å². The zero-order chi connectivity index (χ0) is 21.6. The van der Waals surface area contributed by atoms with E-state index in [-0.39, 0.29) is 6.04 Å². The van der Waals surface area contributed by atoms with Crippen LogP contribution in [0.4, 0.5) is 4.79 Å². The third kappa shape index (κ3) is 5.93. The SMILES string of the molecule is CCCC[C@@]1(C)NC(=O)N(CC(=O)OCC(=O)N[C@H](C)c2cccc(Cl)c2)C1=O. The van der Waals surface area contributed by atoms with Gasteiger partial charge in [-0.05, 0) is 38.0 Å². The summed E-state index contributed by atoms with van der Waals surface area (Å²) in [5, 5.41) is 5.87. The van der Waals surface area contributed by atoms with Gasteiger partial charge in [0.2, 0.25) is 0 Å². The second-order valence-electron chi connectivity index (χ2n) is 7.26. The van der Waals surface area contributed by atoms with Crippen LogP contribution in [-0.4, -0.2) is 47.4 Å². The Hall–Kier alpha value is -2.61. The Kier molecular flexibility index (Phi) is 7.61. The summed E-state index contributed by atoms with van der Waals surface area (Å²) in [5.74, 6) is -1.80. The van der Waals surface area contributed by atoms with Crippen LogP contribution in [0, 0.1) is 0 Å². The average Bonchev–Trinajstić information content (AvgIpc) is 2.88. The predicted octanol–water partition coefficient (Wildman–Crippen LogP) is 2.56. The van der Waals surface area contributed by atoms with Gasteiger partial charge < -0.3 is 15.4 Å². The first kappa shape index (κ1) is 22.7. The molecule has 29 heavy (non-hydrogen) atoms. The predicted molar refractivity (Wildman–Crippen MR) is 107 cm³/mol. The molecule has 0 saturated carbocycles. The summed E-state index contributed by atoms with van der Waals surface area (Å²) in [7, 11) is 0. The number of unbranched alkanes of at least 4 members (excludes halogenated alkanes) is 1. The van der Waals surface area contributed by atoms with Crippen LogP contribution in [0.5, 0.6) is 0 Å². The number of rotatable bonds is 9. The highest BCUT2D eigenvalue weighted by Gasteiger charge is 2.47. The van der Waals surface area contributed by atoms with Gasteiger partial charge in [0.1, 0.15) is 12.1 Å². The lowest BCUT2D eigenvalue weighted by atomic mass is 9.95. The number of imide groups is 1. The standard InChI is InChI=1S/C20H26ClN3O5/c1-4-5-9-20(3)18(27)24(19(28)23-20)11-17(26)29-12-16(25)22-13(2)14-7-6-8-15(21)10-14/h6-8,10,13H,4-5,9,11-12H2,1-3H3,(H,22,25)(H,23,28)/t13-,20-/m1/s1. The number of benzene rings is 1. The molecule has 0 bridgehead atoms. The van der Waals surface area contributed by atoms with Crippen molar-refractivity contribution in [3.8, 4) is 0 Å². The second kappa shape index (κ2) is 9.73. The van der Waals surface area contributed by atoms with Gasteiger partial charge in [-0.3, -0.25) is 19.3 Å². The molecule has 1 aromatic carbocycles. The third-order valence-corrected chi connectivity index (χ3v) is 4.99. The van der Waals surface area contributed by atoms with Gasteiger partial charge in [-0.1, -0.05) is 43.5 Å². The number of carbonyl (C=O) groups excluding carboxylic acids is 4. The Bertz CT molecular complexity index is 800. The Morgan fingerprint density at radius 2 is 2.07 bits per heavy atom. The van der Waals surface area contributed by atoms with E-state index in [9.17, 15) is 19.2 Å². The first-order valence-electron chi connectivity index (χ1n) is 9.51. The normalized spacial score (nSPS) is 19.7. The molecule has 1 fully saturated rings. The minimum Gasteiger partial charge on any atom is -0.454 e. The smallest absolute Gasteiger partial charge is 0.326 e. The fourth-order valence-corrected chi connectivity index (χ4v) is 3.25. The van der Waals surface area contributed by atoms with Crippen LogP contribution >= 0.6 is 11.6 Å². The van der Waals surface area contributed by atoms with Crippen LogP contribution in [0.3, 0.4) is 0 Å². The van der Waals surface area contributed by atoms with Gasteiger partial charge in [0, 0.05) is 5.02 Å². The molecule has 8 nitrogen and oxygen atoms in total. The number of urea groups is 1. The van der Waals surface area contributed by atoms with E-state index in [2.05, 4.69) is 10.6 Å². The number of hydrogen-bond acceptors (Lipinski definition) is 5. The van der Waals surface area contributed by atoms with Gasteiger partial charge in [-0.2, -0.15) is 0 Å². The van der Waals surface area contributed by atoms with Crippen LogP contribution in [0.1, 0.15) is 51.6 Å². The van der Waals surface area contributed by atoms with Crippen LogP contribution in [0.25, 0.3) is 0 Å². The summed E-state index contributed by atoms with van der Waals surface area (Å²) in [6.07, 6.45) is 2.14. The molecule has 0 aliphatic carbocycles. The minimum atomic E-state index is -1.02. The first-order valence-corrected chi connectivity index (χ1v) is 9.88. The maximum atomic E-state index is 12.5. The summed E-state index contributed by atoms with van der Waals surface area (Å²) in [6.45, 7) is 4.34. The van der Waals surface area contributed by atoms with Crippen molar-refractivity contribution in [1.82, 2.24) is 15.5 Å². The van der Waals surface area contributed by atoms with E-state index in [1.54, 1.807) is 32.0 Å². The van der Waals surface area contributed by atoms with Crippen molar-refractivity contribution in [2.24, 2.45) is 0 Å². The minimum absolute atomic E-state index is 0.329. The van der Waals surface area contributed by atoms with E-state index in [1.807, 2.05) is 13.0 Å². The van der Waals surface area contributed by atoms with Crippen LogP contribution < -0.4 is 10.6 Å². The highest BCUT2D eigenvalue weighted by Crippen LogP contribution is 2.23. The highest BCUT2D eigenvalue weighted by atomic mass is 35.5. The van der Waals surface area contributed by atoms with Gasteiger partial charge in [0.05, 0.1) is 6.04 Å². The Balaban J connectivity index is 1.82. The van der Waals surface area contributed by atoms with Crippen molar-refractivity contribution >= 4 is 35.4 Å². The fourth-order valence-electron chi connectivity index (χ4n) is 3.05. The molecule has 1 saturated heterocycles. The average molecular weight is 424 g/mol. The molecule has 2 rings (SSSR count). The van der Waals surface area contributed by atoms with Crippen molar-refractivity contribution in [3.63, 3.8) is 0 Å². The van der Waals surface area contributed by atoms with Crippen molar-refractivity contribution < 1.29 is 23.9 Å². The van der Waals surface area contributed by atoms with Crippen molar-refractivity contribution in [2.75, 3.05) is 13.2 Å². The number of carbonyl (C=O) groups is 4. The molecule has 0 radical (unpaired) electrons. The summed E-state index contributed by atoms with van der Waals surface area (Å²) < 4.78 is 4.92. The monoisotopic (exact) mass is 423 g/mol. The number of hydrogen-bond donors (Lipinski definition) is 2. The lowest BCUT2D eigenvalue weighted by Crippen LogP contribution is -2.44. The molecule has 9 heteroatoms. The lowest BCUT2D eigenvalue weighted by Gasteiger charge is -2.21. The van der Waals surface area contributed by atoms with E-state index < -0.39 is 42.5 Å². The Labute approximate surface area is 174 Å². The molecule has 158 valence electrons. The second-order valence-corrected chi connectivity index (χ2v) is 7.70. The third-order valence-electron chi connectivity index (χ3n) is 4.75. The molecule has 1 heterocycles. The molecule has 0 spiro atoms. The number of esters is 1. The molecule has 1 aromatic rings. The molecule has 2 atom stereocenters. The van der Waals surface area contributed by atoms with Gasteiger partial charge in [0.15, 0.2) is 6.61 Å². The lowest BCUT2D eigenvalue weighted by molar-refractivity contribution is -0.151. The van der Waals surface area contributed by atoms with E-state index in [0.717, 1.165) is 23.3 Å². The Morgan fingerprint density at radius 1 is 1.34 bits per heavy atom. The molecule has 1 aliphatic heterocycles. The summed E-state index contributed by atoms with van der Waals surface area (Å²) >= 11 is 5.93. The van der Waals surface area contributed by atoms with E-state index in [4.69, 9.17) is 16.3 Å². The Morgan fingerprint density at radius 3 is 2.72 bits per heavy atom. The molecule has 2 N–H and O–H groups in total. The maximum Gasteiger partial charge on any atom is 0.326 e. The van der Waals surface area contributed by atoms with Crippen LogP contribution in [-0.2, 0) is 19.1 Å². The molecule has 1 aliphatic rings. The summed E-state index contributed by atoms with van der Waals surface area (Å²) in [6, 6.07) is 6.08. The van der Waals surface area contributed by atoms with Gasteiger partial charge in [-0.25, -0.2) is 4.79 Å². The number of ether oxygens (including phenoxy) is 1. The molecule has 0 unspecified atom stereocenters. The summed E-state index contributed by atoms with van der Waals surface area (Å²) in [4.78, 5) is 49.4. The number of nitrogens with zero attached hydrogens (tertiary/aromatic N) is 1. The molecular weight excluding hydrogens is 398 g/mol. The van der Waals surface area contributed by atoms with Crippen molar-refractivity contribution in [3.05, 3.63) is 34.9 Å². The molecular formula is C20H26ClN3O5. The van der Waals surface area contributed by atoms with Gasteiger partial charge in [0.25, 0.3) is 11.8 Å². The highest BCUT2D eigenvalue weighted by molar-refractivity contribution is 6.30. The number of halogens is 1.